The number of amides is 3. The molecule has 3 rings (SSSR count). The van der Waals surface area contributed by atoms with Crippen LogP contribution in [0.4, 0.5) is 10.5 Å². The van der Waals surface area contributed by atoms with Gasteiger partial charge in [-0.2, -0.15) is 0 Å². The summed E-state index contributed by atoms with van der Waals surface area (Å²) in [5.74, 6) is 0.605. The van der Waals surface area contributed by atoms with E-state index in [1.165, 1.54) is 0 Å². The molecule has 3 amide bonds. The number of rotatable bonds is 5. The molecule has 2 N–H and O–H groups in total. The molecule has 0 aromatic heterocycles. The molecule has 2 aliphatic rings. The third-order valence-electron chi connectivity index (χ3n) is 5.10. The first-order valence-electron chi connectivity index (χ1n) is 9.36. The summed E-state index contributed by atoms with van der Waals surface area (Å²) >= 11 is 0. The zero-order valence-corrected chi connectivity index (χ0v) is 15.4. The molecule has 1 heterocycles. The lowest BCUT2D eigenvalue weighted by Gasteiger charge is -2.35. The highest BCUT2D eigenvalue weighted by Gasteiger charge is 2.22. The van der Waals surface area contributed by atoms with Gasteiger partial charge in [0.2, 0.25) is 5.91 Å². The van der Waals surface area contributed by atoms with Gasteiger partial charge < -0.3 is 15.0 Å². The van der Waals surface area contributed by atoms with E-state index in [2.05, 4.69) is 26.5 Å². The zero-order chi connectivity index (χ0) is 18.4. The molecule has 26 heavy (non-hydrogen) atoms. The Morgan fingerprint density at radius 3 is 2.58 bits per heavy atom. The number of piperazine rings is 1. The van der Waals surface area contributed by atoms with E-state index < -0.39 is 0 Å². The monoisotopic (exact) mass is 360 g/mol. The van der Waals surface area contributed by atoms with Crippen LogP contribution in [0, 0.1) is 0 Å². The van der Waals surface area contributed by atoms with Gasteiger partial charge in [0.25, 0.3) is 0 Å². The van der Waals surface area contributed by atoms with Crippen LogP contribution in [0.5, 0.6) is 5.75 Å². The number of urea groups is 1. The fourth-order valence-electron chi connectivity index (χ4n) is 3.63. The van der Waals surface area contributed by atoms with Crippen LogP contribution >= 0.6 is 0 Å². The maximum absolute atomic E-state index is 12.1. The number of nitrogens with one attached hydrogen (secondary N) is 2. The van der Waals surface area contributed by atoms with E-state index in [0.29, 0.717) is 0 Å². The molecule has 0 unspecified atom stereocenters. The topological polar surface area (TPSA) is 73.9 Å². The van der Waals surface area contributed by atoms with Crippen LogP contribution in [0.1, 0.15) is 25.7 Å². The molecule has 1 saturated heterocycles. The molecule has 7 nitrogen and oxygen atoms in total. The highest BCUT2D eigenvalue weighted by Crippen LogP contribution is 2.22. The number of methoxy groups -OCH3 is 1. The van der Waals surface area contributed by atoms with Crippen molar-refractivity contribution >= 4 is 17.6 Å². The summed E-state index contributed by atoms with van der Waals surface area (Å²) in [6.07, 6.45) is 4.31. The van der Waals surface area contributed by atoms with Gasteiger partial charge in [-0.1, -0.05) is 18.9 Å². The van der Waals surface area contributed by atoms with Gasteiger partial charge >= 0.3 is 6.03 Å². The summed E-state index contributed by atoms with van der Waals surface area (Å²) in [5, 5.41) is 5.33. The Hall–Kier alpha value is -2.28. The first-order valence-corrected chi connectivity index (χ1v) is 9.36. The minimum Gasteiger partial charge on any atom is -0.497 e. The molecule has 0 spiro atoms. The molecule has 1 aliphatic carbocycles. The summed E-state index contributed by atoms with van der Waals surface area (Å²) in [5.41, 5.74) is 1.13. The van der Waals surface area contributed by atoms with Gasteiger partial charge in [-0.25, -0.2) is 4.79 Å². The summed E-state index contributed by atoms with van der Waals surface area (Å²) in [4.78, 5) is 28.3. The number of imide groups is 1. The predicted molar refractivity (Wildman–Crippen MR) is 101 cm³/mol. The van der Waals surface area contributed by atoms with Crippen molar-refractivity contribution < 1.29 is 14.3 Å². The minimum absolute atomic E-state index is 0.217. The average Bonchev–Trinajstić information content (AvgIpc) is 3.15. The van der Waals surface area contributed by atoms with Gasteiger partial charge in [0, 0.05) is 44.0 Å². The van der Waals surface area contributed by atoms with Crippen LogP contribution in [-0.4, -0.2) is 62.7 Å². The molecule has 2 fully saturated rings. The lowest BCUT2D eigenvalue weighted by Crippen LogP contribution is -2.51. The average molecular weight is 360 g/mol. The molecule has 1 aliphatic heterocycles. The summed E-state index contributed by atoms with van der Waals surface area (Å²) in [6.45, 7) is 3.51. The van der Waals surface area contributed by atoms with E-state index >= 15 is 0 Å². The van der Waals surface area contributed by atoms with Crippen LogP contribution in [0.2, 0.25) is 0 Å². The number of benzene rings is 1. The van der Waals surface area contributed by atoms with Crippen molar-refractivity contribution in [1.29, 1.82) is 0 Å². The van der Waals surface area contributed by atoms with Crippen molar-refractivity contribution in [2.75, 3.05) is 44.7 Å². The largest absolute Gasteiger partial charge is 0.497 e. The quantitative estimate of drug-likeness (QED) is 0.834. The summed E-state index contributed by atoms with van der Waals surface area (Å²) in [6, 6.07) is 7.86. The third kappa shape index (κ3) is 5.11. The molecule has 1 aromatic rings. The second-order valence-corrected chi connectivity index (χ2v) is 6.97. The van der Waals surface area contributed by atoms with Crippen LogP contribution in [0.25, 0.3) is 0 Å². The predicted octanol–water partition coefficient (Wildman–Crippen LogP) is 1.59. The number of nitrogens with zero attached hydrogens (tertiary/aromatic N) is 2. The van der Waals surface area contributed by atoms with E-state index in [1.807, 2.05) is 18.2 Å². The van der Waals surface area contributed by atoms with Crippen molar-refractivity contribution in [3.05, 3.63) is 24.3 Å². The molecule has 142 valence electrons. The second kappa shape index (κ2) is 8.89. The van der Waals surface area contributed by atoms with Crippen LogP contribution < -0.4 is 20.3 Å². The van der Waals surface area contributed by atoms with Crippen LogP contribution in [-0.2, 0) is 4.79 Å². The molecule has 0 radical (unpaired) electrons. The number of hydrogen-bond donors (Lipinski definition) is 2. The van der Waals surface area contributed by atoms with Crippen molar-refractivity contribution in [2.45, 2.75) is 31.7 Å². The SMILES string of the molecule is COc1cccc(N2CCN(CC(=O)NC(=O)NC3CCCC3)CC2)c1. The van der Waals surface area contributed by atoms with Crippen LogP contribution in [0.3, 0.4) is 0 Å². The van der Waals surface area contributed by atoms with Gasteiger partial charge in [-0.15, -0.1) is 0 Å². The fraction of sp³-hybridized carbons (Fsp3) is 0.579. The van der Waals surface area contributed by atoms with E-state index in [4.69, 9.17) is 4.74 Å². The van der Waals surface area contributed by atoms with Gasteiger partial charge in [0.05, 0.1) is 13.7 Å². The molecule has 0 bridgehead atoms. The Labute approximate surface area is 154 Å². The molecular weight excluding hydrogens is 332 g/mol. The highest BCUT2D eigenvalue weighted by molar-refractivity contribution is 5.95. The fourth-order valence-corrected chi connectivity index (χ4v) is 3.63. The Kier molecular flexibility index (Phi) is 6.33. The first-order chi connectivity index (χ1) is 12.6. The lowest BCUT2D eigenvalue weighted by atomic mass is 10.2. The van der Waals surface area contributed by atoms with Crippen molar-refractivity contribution in [3.8, 4) is 5.75 Å². The number of carbonyl (C=O) groups excluding carboxylic acids is 2. The van der Waals surface area contributed by atoms with Gasteiger partial charge in [-0.05, 0) is 25.0 Å². The van der Waals surface area contributed by atoms with Crippen molar-refractivity contribution in [3.63, 3.8) is 0 Å². The molecule has 7 heteroatoms. The Morgan fingerprint density at radius 2 is 1.88 bits per heavy atom. The van der Waals surface area contributed by atoms with Gasteiger partial charge in [-0.3, -0.25) is 15.0 Å². The summed E-state index contributed by atoms with van der Waals surface area (Å²) in [7, 11) is 1.67. The van der Waals surface area contributed by atoms with Gasteiger partial charge in [0.1, 0.15) is 5.75 Å². The second-order valence-electron chi connectivity index (χ2n) is 6.97. The first kappa shape index (κ1) is 18.5. The maximum atomic E-state index is 12.1. The third-order valence-corrected chi connectivity index (χ3v) is 5.10. The number of hydrogen-bond acceptors (Lipinski definition) is 5. The van der Waals surface area contributed by atoms with Crippen molar-refractivity contribution in [2.24, 2.45) is 0 Å². The van der Waals surface area contributed by atoms with Crippen LogP contribution in [0.15, 0.2) is 24.3 Å². The molecule has 1 aromatic carbocycles. The standard InChI is InChI=1S/C19H28N4O3/c1-26-17-8-4-7-16(13-17)23-11-9-22(10-12-23)14-18(24)21-19(25)20-15-5-2-3-6-15/h4,7-8,13,15H,2-3,5-6,9-12,14H2,1H3,(H2,20,21,24,25). The Bertz CT molecular complexity index is 623. The molecule has 0 atom stereocenters. The Balaban J connectivity index is 1.40. The summed E-state index contributed by atoms with van der Waals surface area (Å²) < 4.78 is 5.28. The van der Waals surface area contributed by atoms with Gasteiger partial charge in [0.15, 0.2) is 0 Å². The highest BCUT2D eigenvalue weighted by atomic mass is 16.5. The normalized spacial score (nSPS) is 18.6. The number of anilines is 1. The smallest absolute Gasteiger partial charge is 0.321 e. The maximum Gasteiger partial charge on any atom is 0.321 e. The van der Waals surface area contributed by atoms with Crippen molar-refractivity contribution in [1.82, 2.24) is 15.5 Å². The number of ether oxygens (including phenoxy) is 1. The minimum atomic E-state index is -0.364. The van der Waals surface area contributed by atoms with E-state index in [9.17, 15) is 9.59 Å². The van der Waals surface area contributed by atoms with E-state index in [0.717, 1.165) is 63.3 Å². The van der Waals surface area contributed by atoms with E-state index in [-0.39, 0.29) is 24.5 Å². The number of carbonyl (C=O) groups is 2. The molecule has 1 saturated carbocycles. The lowest BCUT2D eigenvalue weighted by molar-refractivity contribution is -0.121. The Morgan fingerprint density at radius 1 is 1.15 bits per heavy atom. The van der Waals surface area contributed by atoms with E-state index in [1.54, 1.807) is 7.11 Å². The molecular formula is C19H28N4O3. The zero-order valence-electron chi connectivity index (χ0n) is 15.4.